The zero-order valence-corrected chi connectivity index (χ0v) is 14.2. The van der Waals surface area contributed by atoms with Crippen LogP contribution in [-0.4, -0.2) is 34.9 Å². The van der Waals surface area contributed by atoms with Gasteiger partial charge >= 0.3 is 33.0 Å². The van der Waals surface area contributed by atoms with Gasteiger partial charge in [-0.15, -0.1) is 0 Å². The van der Waals surface area contributed by atoms with Gasteiger partial charge in [0.2, 0.25) is 5.82 Å². The van der Waals surface area contributed by atoms with Gasteiger partial charge in [0.05, 0.1) is 18.8 Å². The molecule has 0 bridgehead atoms. The second kappa shape index (κ2) is 8.03. The van der Waals surface area contributed by atoms with Gasteiger partial charge in [-0.25, -0.2) is 22.0 Å². The number of halogens is 11. The van der Waals surface area contributed by atoms with Gasteiger partial charge in [0, 0.05) is 0 Å². The van der Waals surface area contributed by atoms with E-state index in [1.54, 1.807) is 0 Å². The molecule has 2 nitrogen and oxygen atoms in total. The summed E-state index contributed by atoms with van der Waals surface area (Å²) in [6.45, 7) is -0.586. The Labute approximate surface area is 142 Å². The molecule has 0 aliphatic heterocycles. The van der Waals surface area contributed by atoms with Crippen LogP contribution in [0.2, 0.25) is 0 Å². The maximum absolute atomic E-state index is 13.4. The molecule has 1 aromatic carbocycles. The van der Waals surface area contributed by atoms with Gasteiger partial charge in [0.1, 0.15) is 17.3 Å². The van der Waals surface area contributed by atoms with Crippen molar-refractivity contribution in [2.24, 2.45) is 0 Å². The van der Waals surface area contributed by atoms with Crippen molar-refractivity contribution in [3.05, 3.63) is 34.6 Å². The molecule has 0 radical (unpaired) electrons. The Bertz CT molecular complexity index is 588. The zero-order valence-electron chi connectivity index (χ0n) is 12.4. The number of hydrogen-bond acceptors (Lipinski definition) is 2. The predicted octanol–water partition coefficient (Wildman–Crippen LogP) is 4.87. The van der Waals surface area contributed by atoms with Crippen LogP contribution in [0.5, 0.6) is 0 Å². The molecule has 0 heterocycles. The van der Waals surface area contributed by atoms with Crippen LogP contribution in [0.1, 0.15) is 5.56 Å². The third-order valence-electron chi connectivity index (χ3n) is 2.41. The van der Waals surface area contributed by atoms with Gasteiger partial charge in [-0.3, -0.25) is 0 Å². The van der Waals surface area contributed by atoms with Crippen LogP contribution < -0.4 is 0 Å². The average molecular weight is 448 g/mol. The fraction of sp³-hybridized carbons (Fsp3) is 0.455. The molecular weight excluding hydrogens is 436 g/mol. The van der Waals surface area contributed by atoms with Gasteiger partial charge in [-0.05, 0) is 10.9 Å². The monoisotopic (exact) mass is 448 g/mol. The van der Waals surface area contributed by atoms with Crippen molar-refractivity contribution >= 4 is 18.7 Å². The zero-order chi connectivity index (χ0) is 21.0. The van der Waals surface area contributed by atoms with E-state index in [2.05, 4.69) is 0 Å². The number of hydrogen-bond donors (Lipinski definition) is 2. The summed E-state index contributed by atoms with van der Waals surface area (Å²) in [6, 6.07) is 0. The van der Waals surface area contributed by atoms with Gasteiger partial charge in [-0.2, -0.15) is 0 Å². The topological polar surface area (TPSA) is 40.5 Å². The molecule has 0 saturated carbocycles. The van der Waals surface area contributed by atoms with Crippen LogP contribution in [0.25, 0.3) is 0 Å². The van der Waals surface area contributed by atoms with Crippen molar-refractivity contribution in [3.8, 4) is 0 Å². The van der Waals surface area contributed by atoms with Gasteiger partial charge < -0.3 is 10.2 Å². The summed E-state index contributed by atoms with van der Waals surface area (Å²) in [7, 11) is -11.5. The first-order chi connectivity index (χ1) is 11.4. The first-order valence-corrected chi connectivity index (χ1v) is 10.1. The molecule has 0 fully saturated rings. The van der Waals surface area contributed by atoms with Crippen LogP contribution in [0.3, 0.4) is 0 Å². The van der Waals surface area contributed by atoms with Crippen molar-refractivity contribution in [2.45, 2.75) is 5.75 Å². The molecule has 0 aromatic heterocycles. The standard InChI is InChI=1S/C11H12F5O2S.F6P/c12-7-6(5-19(3-1-17)4-2-18)8(13)10(15)11(16)9(7)14;1-7(2,3,4,5)6/h17-18H,1-5H2;/q+1;-1. The van der Waals surface area contributed by atoms with Gasteiger partial charge in [-0.1, -0.05) is 0 Å². The van der Waals surface area contributed by atoms with Crippen molar-refractivity contribution < 1.29 is 57.3 Å². The minimum Gasteiger partial charge on any atom is -0.391 e. The largest absolute Gasteiger partial charge is 0.391 e. The van der Waals surface area contributed by atoms with Crippen LogP contribution in [0, 0.1) is 29.1 Å². The van der Waals surface area contributed by atoms with E-state index >= 15 is 0 Å². The average Bonchev–Trinajstić information content (AvgIpc) is 2.45. The SMILES string of the molecule is F[P-](F)(F)(F)(F)F.OCC[S+](CCO)Cc1c(F)c(F)c(F)c(F)c1F. The predicted molar refractivity (Wildman–Crippen MR) is 74.8 cm³/mol. The van der Waals surface area contributed by atoms with E-state index in [1.807, 2.05) is 0 Å². The molecule has 0 unspecified atom stereocenters. The maximum Gasteiger partial charge on any atom is 0.200 e. The van der Waals surface area contributed by atoms with Crippen LogP contribution in [0.4, 0.5) is 47.1 Å². The summed E-state index contributed by atoms with van der Waals surface area (Å²) in [6.07, 6.45) is 0. The van der Waals surface area contributed by atoms with Crippen molar-refractivity contribution in [2.75, 3.05) is 24.7 Å². The Kier molecular flexibility index (Phi) is 7.77. The summed E-state index contributed by atoms with van der Waals surface area (Å²) >= 11 is 0. The molecule has 1 aromatic rings. The second-order valence-corrected chi connectivity index (χ2v) is 8.87. The third-order valence-corrected chi connectivity index (χ3v) is 4.63. The van der Waals surface area contributed by atoms with Crippen LogP contribution >= 0.6 is 7.81 Å². The van der Waals surface area contributed by atoms with Crippen molar-refractivity contribution in [1.29, 1.82) is 0 Å². The molecular formula is C11H12F11O2PS. The number of rotatable bonds is 6. The van der Waals surface area contributed by atoms with Gasteiger partial charge in [0.15, 0.2) is 23.3 Å². The summed E-state index contributed by atoms with van der Waals surface area (Å²) in [4.78, 5) is 0. The Morgan fingerprint density at radius 2 is 0.885 bits per heavy atom. The summed E-state index contributed by atoms with van der Waals surface area (Å²) < 4.78 is 125. The Morgan fingerprint density at radius 3 is 1.15 bits per heavy atom. The van der Waals surface area contributed by atoms with Crippen LogP contribution in [0.15, 0.2) is 0 Å². The molecule has 156 valence electrons. The molecule has 1 rings (SSSR count). The van der Waals surface area contributed by atoms with Crippen LogP contribution in [-0.2, 0) is 16.6 Å². The summed E-state index contributed by atoms with van der Waals surface area (Å²) in [5.41, 5.74) is -0.901. The number of aliphatic hydroxyl groups excluding tert-OH is 2. The summed E-state index contributed by atoms with van der Waals surface area (Å²) in [5.74, 6) is -10.0. The van der Waals surface area contributed by atoms with E-state index in [4.69, 9.17) is 10.2 Å². The maximum atomic E-state index is 13.4. The minimum absolute atomic E-state index is 0.125. The summed E-state index contributed by atoms with van der Waals surface area (Å²) in [5, 5.41) is 17.5. The van der Waals surface area contributed by atoms with Crippen molar-refractivity contribution in [1.82, 2.24) is 0 Å². The molecule has 2 N–H and O–H groups in total. The van der Waals surface area contributed by atoms with Gasteiger partial charge in [0.25, 0.3) is 0 Å². The fourth-order valence-electron chi connectivity index (χ4n) is 1.49. The molecule has 0 saturated heterocycles. The van der Waals surface area contributed by atoms with E-state index in [0.29, 0.717) is 0 Å². The fourth-order valence-corrected chi connectivity index (χ4v) is 3.16. The molecule has 0 aliphatic rings. The third kappa shape index (κ3) is 10.3. The van der Waals surface area contributed by atoms with E-state index in [1.165, 1.54) is 0 Å². The van der Waals surface area contributed by atoms with E-state index in [9.17, 15) is 47.1 Å². The first kappa shape index (κ1) is 25.1. The molecule has 0 atom stereocenters. The Hall–Kier alpha value is -0.850. The Balaban J connectivity index is 0.000000758. The smallest absolute Gasteiger partial charge is 0.200 e. The quantitative estimate of drug-likeness (QED) is 0.215. The first-order valence-electron chi connectivity index (χ1n) is 6.31. The van der Waals surface area contributed by atoms with E-state index < -0.39 is 59.1 Å². The van der Waals surface area contributed by atoms with E-state index in [0.717, 1.165) is 0 Å². The second-order valence-electron chi connectivity index (χ2n) is 4.62. The molecule has 0 amide bonds. The molecule has 26 heavy (non-hydrogen) atoms. The molecule has 15 heteroatoms. The minimum atomic E-state index is -10.7. The Morgan fingerprint density at radius 1 is 0.615 bits per heavy atom. The number of benzene rings is 1. The van der Waals surface area contributed by atoms with Crippen molar-refractivity contribution in [3.63, 3.8) is 0 Å². The van der Waals surface area contributed by atoms with E-state index in [-0.39, 0.29) is 24.7 Å². The normalized spacial score (nSPS) is 14.5. The molecule has 0 spiro atoms. The number of aliphatic hydroxyl groups is 2. The molecule has 0 aliphatic carbocycles.